The second kappa shape index (κ2) is 10.4. The molecule has 0 amide bonds. The molecule has 0 saturated carbocycles. The summed E-state index contributed by atoms with van der Waals surface area (Å²) in [6, 6.07) is 12.7. The van der Waals surface area contributed by atoms with Gasteiger partial charge in [0.1, 0.15) is 5.65 Å². The molecule has 13 heteroatoms. The molecular formula is C26H28F3N7O2S. The van der Waals surface area contributed by atoms with Crippen LogP contribution in [0.3, 0.4) is 0 Å². The van der Waals surface area contributed by atoms with Crippen LogP contribution in [-0.2, 0) is 22.7 Å². The largest absolute Gasteiger partial charge is 0.416 e. The Labute approximate surface area is 224 Å². The molecule has 0 radical (unpaired) electrons. The normalized spacial score (nSPS) is 14.5. The van der Waals surface area contributed by atoms with Crippen LogP contribution in [0.2, 0.25) is 0 Å². The van der Waals surface area contributed by atoms with Gasteiger partial charge in [0.05, 0.1) is 24.1 Å². The van der Waals surface area contributed by atoms with Gasteiger partial charge in [-0.15, -0.1) is 0 Å². The van der Waals surface area contributed by atoms with Crippen molar-refractivity contribution in [3.8, 4) is 0 Å². The van der Waals surface area contributed by atoms with E-state index in [1.165, 1.54) is 13.1 Å². The van der Waals surface area contributed by atoms with Gasteiger partial charge < -0.3 is 20.1 Å². The number of nitrogens with one attached hydrogen (secondary N) is 2. The summed E-state index contributed by atoms with van der Waals surface area (Å²) in [6.07, 6.45) is -0.252. The van der Waals surface area contributed by atoms with Crippen molar-refractivity contribution < 1.29 is 21.6 Å². The van der Waals surface area contributed by atoms with E-state index in [0.717, 1.165) is 60.2 Å². The zero-order chi connectivity index (χ0) is 27.8. The third-order valence-electron chi connectivity index (χ3n) is 6.69. The molecule has 2 aromatic heterocycles. The highest BCUT2D eigenvalue weighted by atomic mass is 32.2. The zero-order valence-electron chi connectivity index (χ0n) is 21.4. The van der Waals surface area contributed by atoms with Gasteiger partial charge in [-0.3, -0.25) is 4.31 Å². The Bertz CT molecular complexity index is 1580. The summed E-state index contributed by atoms with van der Waals surface area (Å²) in [5, 5.41) is 7.21. The molecular weight excluding hydrogens is 531 g/mol. The van der Waals surface area contributed by atoms with Gasteiger partial charge in [0.25, 0.3) is 0 Å². The Kier molecular flexibility index (Phi) is 7.12. The van der Waals surface area contributed by atoms with Gasteiger partial charge >= 0.3 is 6.18 Å². The summed E-state index contributed by atoms with van der Waals surface area (Å²) in [7, 11) is -2.39. The Morgan fingerprint density at radius 3 is 2.46 bits per heavy atom. The Balaban J connectivity index is 1.43. The lowest BCUT2D eigenvalue weighted by molar-refractivity contribution is -0.137. The first-order valence-corrected chi connectivity index (χ1v) is 14.1. The molecule has 0 spiro atoms. The molecule has 5 rings (SSSR count). The fourth-order valence-electron chi connectivity index (χ4n) is 4.52. The summed E-state index contributed by atoms with van der Waals surface area (Å²) < 4.78 is 67.4. The second-order valence-electron chi connectivity index (χ2n) is 9.40. The van der Waals surface area contributed by atoms with E-state index in [2.05, 4.69) is 25.5 Å². The second-order valence-corrected chi connectivity index (χ2v) is 11.4. The number of alkyl halides is 3. The maximum absolute atomic E-state index is 13.5. The number of sulfonamides is 1. The van der Waals surface area contributed by atoms with Crippen molar-refractivity contribution in [2.45, 2.75) is 12.7 Å². The number of hydrogen-bond donors (Lipinski definition) is 2. The number of aromatic nitrogens is 3. The number of nitrogens with zero attached hydrogens (tertiary/aromatic N) is 5. The topological polar surface area (TPSA) is 95.4 Å². The van der Waals surface area contributed by atoms with E-state index in [-0.39, 0.29) is 17.8 Å². The molecule has 0 atom stereocenters. The summed E-state index contributed by atoms with van der Waals surface area (Å²) in [4.78, 5) is 11.3. The standard InChI is InChI=1S/C26H28F3N7O2S/c1-34(39(2,37)38)23-8-3-20(26(27,28)29)15-19(23)17-36-12-9-18-16-31-25(33-24(18)36)32-21-4-6-22(7-5-21)35-13-10-30-11-14-35/h3-9,12,15-16,30H,10-11,13-14,17H2,1-2H3,(H,31,32,33). The minimum Gasteiger partial charge on any atom is -0.369 e. The lowest BCUT2D eigenvalue weighted by atomic mass is 10.1. The van der Waals surface area contributed by atoms with E-state index in [1.54, 1.807) is 23.0 Å². The van der Waals surface area contributed by atoms with E-state index in [1.807, 2.05) is 24.3 Å². The molecule has 0 unspecified atom stereocenters. The summed E-state index contributed by atoms with van der Waals surface area (Å²) in [5.41, 5.74) is 1.90. The molecule has 2 aromatic carbocycles. The van der Waals surface area contributed by atoms with Gasteiger partial charge in [0.15, 0.2) is 0 Å². The number of piperazine rings is 1. The van der Waals surface area contributed by atoms with Gasteiger partial charge in [0.2, 0.25) is 16.0 Å². The molecule has 206 valence electrons. The minimum atomic E-state index is -4.57. The number of benzene rings is 2. The first-order chi connectivity index (χ1) is 18.5. The lowest BCUT2D eigenvalue weighted by Crippen LogP contribution is -2.43. The monoisotopic (exact) mass is 559 g/mol. The van der Waals surface area contributed by atoms with Crippen molar-refractivity contribution in [2.24, 2.45) is 0 Å². The summed E-state index contributed by atoms with van der Waals surface area (Å²) in [6.45, 7) is 3.74. The molecule has 0 aliphatic carbocycles. The summed E-state index contributed by atoms with van der Waals surface area (Å²) >= 11 is 0. The predicted octanol–water partition coefficient (Wildman–Crippen LogP) is 4.05. The van der Waals surface area contributed by atoms with Crippen LogP contribution in [0.15, 0.2) is 60.9 Å². The van der Waals surface area contributed by atoms with Gasteiger partial charge in [-0.05, 0) is 54.1 Å². The highest BCUT2D eigenvalue weighted by molar-refractivity contribution is 7.92. The Morgan fingerprint density at radius 2 is 1.79 bits per heavy atom. The SMILES string of the molecule is CN(c1ccc(C(F)(F)F)cc1Cn1ccc2cnc(Nc3ccc(N4CCNCC4)cc3)nc21)S(C)(=O)=O. The smallest absolute Gasteiger partial charge is 0.369 e. The average molecular weight is 560 g/mol. The number of halogens is 3. The zero-order valence-corrected chi connectivity index (χ0v) is 22.2. The summed E-state index contributed by atoms with van der Waals surface area (Å²) in [5.74, 6) is 0.329. The van der Waals surface area contributed by atoms with E-state index in [9.17, 15) is 21.6 Å². The molecule has 1 fully saturated rings. The average Bonchev–Trinajstić information content (AvgIpc) is 3.30. The predicted molar refractivity (Wildman–Crippen MR) is 146 cm³/mol. The Morgan fingerprint density at radius 1 is 1.08 bits per heavy atom. The van der Waals surface area contributed by atoms with Crippen molar-refractivity contribution in [2.75, 3.05) is 54.0 Å². The van der Waals surface area contributed by atoms with E-state index in [0.29, 0.717) is 17.0 Å². The van der Waals surface area contributed by atoms with Gasteiger partial charge in [-0.1, -0.05) is 0 Å². The van der Waals surface area contributed by atoms with E-state index >= 15 is 0 Å². The molecule has 9 nitrogen and oxygen atoms in total. The van der Waals surface area contributed by atoms with E-state index in [4.69, 9.17) is 0 Å². The van der Waals surface area contributed by atoms with Crippen LogP contribution in [0.25, 0.3) is 11.0 Å². The number of fused-ring (bicyclic) bond motifs is 1. The molecule has 3 heterocycles. The maximum atomic E-state index is 13.5. The van der Waals surface area contributed by atoms with Crippen molar-refractivity contribution in [3.63, 3.8) is 0 Å². The van der Waals surface area contributed by atoms with Crippen molar-refractivity contribution in [1.82, 2.24) is 19.9 Å². The third-order valence-corrected chi connectivity index (χ3v) is 7.88. The molecule has 0 bridgehead atoms. The lowest BCUT2D eigenvalue weighted by Gasteiger charge is -2.29. The number of rotatable bonds is 7. The first-order valence-electron chi connectivity index (χ1n) is 12.3. The van der Waals surface area contributed by atoms with Crippen LogP contribution >= 0.6 is 0 Å². The molecule has 2 N–H and O–H groups in total. The van der Waals surface area contributed by atoms with Crippen molar-refractivity contribution in [3.05, 3.63) is 72.1 Å². The van der Waals surface area contributed by atoms with Crippen LogP contribution in [0, 0.1) is 0 Å². The van der Waals surface area contributed by atoms with Gasteiger partial charge in [0, 0.05) is 62.4 Å². The molecule has 1 saturated heterocycles. The van der Waals surface area contributed by atoms with Crippen LogP contribution in [0.1, 0.15) is 11.1 Å². The van der Waals surface area contributed by atoms with Crippen LogP contribution in [-0.4, -0.2) is 62.4 Å². The van der Waals surface area contributed by atoms with Crippen LogP contribution in [0.5, 0.6) is 0 Å². The minimum absolute atomic E-state index is 0.0293. The van der Waals surface area contributed by atoms with Crippen molar-refractivity contribution >= 4 is 44.1 Å². The third kappa shape index (κ3) is 5.93. The highest BCUT2D eigenvalue weighted by Crippen LogP contribution is 2.34. The van der Waals surface area contributed by atoms with E-state index < -0.39 is 21.8 Å². The quantitative estimate of drug-likeness (QED) is 0.353. The number of hydrogen-bond acceptors (Lipinski definition) is 7. The fraction of sp³-hybridized carbons (Fsp3) is 0.308. The Hall–Kier alpha value is -3.84. The molecule has 39 heavy (non-hydrogen) atoms. The van der Waals surface area contributed by atoms with Crippen molar-refractivity contribution in [1.29, 1.82) is 0 Å². The number of anilines is 4. The van der Waals surface area contributed by atoms with Gasteiger partial charge in [-0.2, -0.15) is 18.2 Å². The van der Waals surface area contributed by atoms with Crippen LogP contribution < -0.4 is 19.8 Å². The van der Waals surface area contributed by atoms with Crippen LogP contribution in [0.4, 0.5) is 36.2 Å². The first kappa shape index (κ1) is 26.8. The maximum Gasteiger partial charge on any atom is 0.416 e. The highest BCUT2D eigenvalue weighted by Gasteiger charge is 2.32. The van der Waals surface area contributed by atoms with Gasteiger partial charge in [-0.25, -0.2) is 13.4 Å². The molecule has 1 aliphatic heterocycles. The fourth-order valence-corrected chi connectivity index (χ4v) is 5.06. The molecule has 4 aromatic rings. The molecule has 1 aliphatic rings.